The molecule has 4 nitrogen and oxygen atoms in total. The first-order valence-electron chi connectivity index (χ1n) is 2.28. The predicted molar refractivity (Wildman–Crippen MR) is 26.9 cm³/mol. The van der Waals surface area contributed by atoms with E-state index in [9.17, 15) is 0 Å². The van der Waals surface area contributed by atoms with Crippen molar-refractivity contribution in [1.82, 2.24) is 5.17 Å². The zero-order chi connectivity index (χ0) is 6.15. The van der Waals surface area contributed by atoms with Gasteiger partial charge in [0.1, 0.15) is 5.76 Å². The molecular formula is C4H8N2O2. The Labute approximate surface area is 47.1 Å². The summed E-state index contributed by atoms with van der Waals surface area (Å²) in [4.78, 5) is 4.70. The van der Waals surface area contributed by atoms with Crippen LogP contribution in [0, 0.1) is 0 Å². The molecule has 1 aliphatic rings. The number of aliphatic hydroxyl groups is 1. The minimum Gasteiger partial charge on any atom is -0.393 e. The highest BCUT2D eigenvalue weighted by molar-refractivity contribution is 4.96. The molecule has 0 aliphatic carbocycles. The Morgan fingerprint density at radius 1 is 2.00 bits per heavy atom. The number of hydrogen-bond donors (Lipinski definition) is 2. The lowest BCUT2D eigenvalue weighted by Crippen LogP contribution is -2.34. The zero-order valence-electron chi connectivity index (χ0n) is 4.53. The molecule has 1 unspecified atom stereocenters. The van der Waals surface area contributed by atoms with Crippen LogP contribution in [-0.4, -0.2) is 16.5 Å². The summed E-state index contributed by atoms with van der Waals surface area (Å²) in [5.74, 6) is 5.70. The number of rotatable bonds is 0. The van der Waals surface area contributed by atoms with E-state index in [0.717, 1.165) is 5.17 Å². The summed E-state index contributed by atoms with van der Waals surface area (Å²) >= 11 is 0. The van der Waals surface area contributed by atoms with Gasteiger partial charge in [-0.05, 0) is 12.1 Å². The lowest BCUT2D eigenvalue weighted by molar-refractivity contribution is -0.173. The molecule has 0 fully saturated rings. The fraction of sp³-hybridized carbons (Fsp3) is 0.500. The Balaban J connectivity index is 2.56. The Bertz CT molecular complexity index is 123. The van der Waals surface area contributed by atoms with Gasteiger partial charge in [0.2, 0.25) is 0 Å². The van der Waals surface area contributed by atoms with Crippen LogP contribution in [0.5, 0.6) is 0 Å². The van der Waals surface area contributed by atoms with Gasteiger partial charge in [0.05, 0.1) is 0 Å². The number of aliphatic hydroxyl groups excluding tert-OH is 1. The summed E-state index contributed by atoms with van der Waals surface area (Å²) in [6, 6.07) is 0. The summed E-state index contributed by atoms with van der Waals surface area (Å²) in [5.41, 5.74) is 0. The van der Waals surface area contributed by atoms with E-state index in [0.29, 0.717) is 5.76 Å². The van der Waals surface area contributed by atoms with Gasteiger partial charge < -0.3 is 9.94 Å². The van der Waals surface area contributed by atoms with Crippen LogP contribution >= 0.6 is 0 Å². The molecule has 0 bridgehead atoms. The van der Waals surface area contributed by atoms with Crippen LogP contribution in [0.3, 0.4) is 0 Å². The fourth-order valence-corrected chi connectivity index (χ4v) is 0.534. The minimum absolute atomic E-state index is 0.625. The molecule has 3 N–H and O–H groups in total. The number of hydrogen-bond acceptors (Lipinski definition) is 4. The summed E-state index contributed by atoms with van der Waals surface area (Å²) in [6.45, 7) is 1.72. The molecule has 0 saturated carbocycles. The van der Waals surface area contributed by atoms with Crippen molar-refractivity contribution < 1.29 is 9.94 Å². The van der Waals surface area contributed by atoms with E-state index in [2.05, 4.69) is 0 Å². The molecule has 1 rings (SSSR count). The molecule has 0 spiro atoms. The molecular weight excluding hydrogens is 108 g/mol. The molecule has 0 saturated heterocycles. The molecule has 0 amide bonds. The Morgan fingerprint density at radius 2 is 2.62 bits per heavy atom. The van der Waals surface area contributed by atoms with Crippen LogP contribution in [0.25, 0.3) is 0 Å². The monoisotopic (exact) mass is 116 g/mol. The van der Waals surface area contributed by atoms with Crippen LogP contribution in [-0.2, 0) is 4.84 Å². The lowest BCUT2D eigenvalue weighted by atomic mass is 10.5. The van der Waals surface area contributed by atoms with Gasteiger partial charge >= 0.3 is 0 Å². The zero-order valence-corrected chi connectivity index (χ0v) is 4.53. The molecule has 0 aromatic carbocycles. The molecule has 1 heterocycles. The average molecular weight is 116 g/mol. The van der Waals surface area contributed by atoms with E-state index in [-0.39, 0.29) is 0 Å². The minimum atomic E-state index is -0.782. The predicted octanol–water partition coefficient (Wildman–Crippen LogP) is -0.671. The standard InChI is InChI=1S/C4H8N2O2/c1-3-2-4(7)6(5)8-3/h2,4,7H,5H2,1H3. The average Bonchev–Trinajstić information content (AvgIpc) is 1.85. The highest BCUT2D eigenvalue weighted by atomic mass is 16.7. The van der Waals surface area contributed by atoms with E-state index in [4.69, 9.17) is 15.8 Å². The van der Waals surface area contributed by atoms with E-state index in [1.807, 2.05) is 0 Å². The quantitative estimate of drug-likeness (QED) is 0.412. The van der Waals surface area contributed by atoms with Crippen molar-refractivity contribution in [2.45, 2.75) is 13.2 Å². The second kappa shape index (κ2) is 1.74. The Hall–Kier alpha value is -0.580. The molecule has 0 aromatic rings. The lowest BCUT2D eigenvalue weighted by Gasteiger charge is -2.10. The first-order chi connectivity index (χ1) is 3.70. The van der Waals surface area contributed by atoms with Gasteiger partial charge in [-0.15, -0.1) is 0 Å². The van der Waals surface area contributed by atoms with E-state index in [1.54, 1.807) is 6.92 Å². The van der Waals surface area contributed by atoms with Crippen LogP contribution in [0.2, 0.25) is 0 Å². The first-order valence-corrected chi connectivity index (χ1v) is 2.28. The normalized spacial score (nSPS) is 29.9. The van der Waals surface area contributed by atoms with Crippen LogP contribution in [0.1, 0.15) is 6.92 Å². The van der Waals surface area contributed by atoms with E-state index in [1.165, 1.54) is 6.08 Å². The largest absolute Gasteiger partial charge is 0.393 e. The highest BCUT2D eigenvalue weighted by Crippen LogP contribution is 2.09. The molecule has 4 heteroatoms. The highest BCUT2D eigenvalue weighted by Gasteiger charge is 2.17. The van der Waals surface area contributed by atoms with Crippen molar-refractivity contribution in [3.8, 4) is 0 Å². The molecule has 8 heavy (non-hydrogen) atoms. The molecule has 1 aliphatic heterocycles. The Morgan fingerprint density at radius 3 is 2.75 bits per heavy atom. The third kappa shape index (κ3) is 0.812. The maximum absolute atomic E-state index is 8.77. The number of hydrazine groups is 1. The molecule has 0 radical (unpaired) electrons. The van der Waals surface area contributed by atoms with Gasteiger partial charge in [-0.3, -0.25) is 0 Å². The van der Waals surface area contributed by atoms with E-state index < -0.39 is 6.23 Å². The van der Waals surface area contributed by atoms with Gasteiger partial charge in [-0.1, -0.05) is 0 Å². The second-order valence-corrected chi connectivity index (χ2v) is 1.64. The summed E-state index contributed by atoms with van der Waals surface area (Å²) < 4.78 is 0. The number of nitrogens with two attached hydrogens (primary N) is 1. The summed E-state index contributed by atoms with van der Waals surface area (Å²) in [6.07, 6.45) is 0.731. The van der Waals surface area contributed by atoms with Crippen molar-refractivity contribution in [3.63, 3.8) is 0 Å². The topological polar surface area (TPSA) is 58.7 Å². The van der Waals surface area contributed by atoms with Crippen molar-refractivity contribution in [2.75, 3.05) is 0 Å². The van der Waals surface area contributed by atoms with Crippen LogP contribution < -0.4 is 5.84 Å². The SMILES string of the molecule is CC1=CC(O)N(N)O1. The summed E-state index contributed by atoms with van der Waals surface area (Å²) in [5, 5.41) is 9.65. The summed E-state index contributed by atoms with van der Waals surface area (Å²) in [7, 11) is 0. The van der Waals surface area contributed by atoms with Crippen LogP contribution in [0.4, 0.5) is 0 Å². The maximum atomic E-state index is 8.77. The van der Waals surface area contributed by atoms with E-state index >= 15 is 0 Å². The first kappa shape index (κ1) is 5.55. The smallest absolute Gasteiger partial charge is 0.178 e. The molecule has 46 valence electrons. The number of hydroxylamine groups is 1. The molecule has 0 aromatic heterocycles. The Kier molecular flexibility index (Phi) is 1.21. The fourth-order valence-electron chi connectivity index (χ4n) is 0.534. The maximum Gasteiger partial charge on any atom is 0.178 e. The third-order valence-electron chi connectivity index (χ3n) is 0.894. The van der Waals surface area contributed by atoms with Crippen LogP contribution in [0.15, 0.2) is 11.8 Å². The van der Waals surface area contributed by atoms with Gasteiger partial charge in [-0.2, -0.15) is 0 Å². The second-order valence-electron chi connectivity index (χ2n) is 1.64. The van der Waals surface area contributed by atoms with Gasteiger partial charge in [-0.25, -0.2) is 5.84 Å². The molecule has 1 atom stereocenters. The van der Waals surface area contributed by atoms with Gasteiger partial charge in [0, 0.05) is 6.08 Å². The van der Waals surface area contributed by atoms with Crippen molar-refractivity contribution >= 4 is 0 Å². The number of nitrogens with zero attached hydrogens (tertiary/aromatic N) is 1. The third-order valence-corrected chi connectivity index (χ3v) is 0.894. The number of allylic oxidation sites excluding steroid dienone is 1. The van der Waals surface area contributed by atoms with Gasteiger partial charge in [0.25, 0.3) is 0 Å². The van der Waals surface area contributed by atoms with Crippen molar-refractivity contribution in [3.05, 3.63) is 11.8 Å². The van der Waals surface area contributed by atoms with Crippen molar-refractivity contribution in [1.29, 1.82) is 0 Å². The van der Waals surface area contributed by atoms with Crippen molar-refractivity contribution in [2.24, 2.45) is 5.84 Å². The van der Waals surface area contributed by atoms with Gasteiger partial charge in [0.15, 0.2) is 6.23 Å².